The van der Waals surface area contributed by atoms with E-state index in [1.807, 2.05) is 0 Å². The first kappa shape index (κ1) is 18.8. The number of carbonyl (C=O) groups is 2. The molecule has 144 valence electrons. The SMILES string of the molecule is COc1ccc(C(=O)N2CCC(C(=O)NCc3ncc[nH]3)CC2)cc1OC. The minimum absolute atomic E-state index is 0.00427. The molecule has 0 bridgehead atoms. The summed E-state index contributed by atoms with van der Waals surface area (Å²) >= 11 is 0. The fourth-order valence-corrected chi connectivity index (χ4v) is 3.21. The normalized spacial score (nSPS) is 14.7. The summed E-state index contributed by atoms with van der Waals surface area (Å²) in [6.07, 6.45) is 4.66. The molecule has 0 unspecified atom stereocenters. The van der Waals surface area contributed by atoms with Crippen LogP contribution in [0.5, 0.6) is 11.5 Å². The second kappa shape index (κ2) is 8.57. The molecule has 8 nitrogen and oxygen atoms in total. The summed E-state index contributed by atoms with van der Waals surface area (Å²) in [6.45, 7) is 1.48. The quantitative estimate of drug-likeness (QED) is 0.803. The van der Waals surface area contributed by atoms with E-state index in [4.69, 9.17) is 9.47 Å². The van der Waals surface area contributed by atoms with Crippen LogP contribution in [-0.2, 0) is 11.3 Å². The Morgan fingerprint density at radius 1 is 1.22 bits per heavy atom. The van der Waals surface area contributed by atoms with Gasteiger partial charge in [0.05, 0.1) is 20.8 Å². The van der Waals surface area contributed by atoms with E-state index in [1.165, 1.54) is 0 Å². The van der Waals surface area contributed by atoms with Gasteiger partial charge in [0.1, 0.15) is 5.82 Å². The number of likely N-dealkylation sites (tertiary alicyclic amines) is 1. The Bertz CT molecular complexity index is 783. The van der Waals surface area contributed by atoms with Crippen molar-refractivity contribution in [2.45, 2.75) is 19.4 Å². The number of benzene rings is 1. The third kappa shape index (κ3) is 4.39. The lowest BCUT2D eigenvalue weighted by Crippen LogP contribution is -2.43. The first-order chi connectivity index (χ1) is 13.1. The van der Waals surface area contributed by atoms with Crippen LogP contribution >= 0.6 is 0 Å². The molecule has 0 spiro atoms. The number of nitrogens with one attached hydrogen (secondary N) is 2. The van der Waals surface area contributed by atoms with Gasteiger partial charge in [0.2, 0.25) is 5.91 Å². The second-order valence-corrected chi connectivity index (χ2v) is 6.39. The van der Waals surface area contributed by atoms with Crippen molar-refractivity contribution in [3.05, 3.63) is 42.0 Å². The van der Waals surface area contributed by atoms with Crippen LogP contribution in [0.25, 0.3) is 0 Å². The molecule has 1 aromatic carbocycles. The third-order valence-corrected chi connectivity index (χ3v) is 4.77. The summed E-state index contributed by atoms with van der Waals surface area (Å²) in [5.74, 6) is 1.69. The zero-order chi connectivity index (χ0) is 19.2. The average molecular weight is 372 g/mol. The molecule has 27 heavy (non-hydrogen) atoms. The highest BCUT2D eigenvalue weighted by atomic mass is 16.5. The maximum absolute atomic E-state index is 12.7. The van der Waals surface area contributed by atoms with Gasteiger partial charge < -0.3 is 24.7 Å². The Hall–Kier alpha value is -3.03. The van der Waals surface area contributed by atoms with Gasteiger partial charge in [-0.3, -0.25) is 9.59 Å². The molecule has 1 aliphatic rings. The third-order valence-electron chi connectivity index (χ3n) is 4.77. The monoisotopic (exact) mass is 372 g/mol. The maximum atomic E-state index is 12.7. The van der Waals surface area contributed by atoms with Crippen LogP contribution in [0.15, 0.2) is 30.6 Å². The highest BCUT2D eigenvalue weighted by molar-refractivity contribution is 5.95. The van der Waals surface area contributed by atoms with E-state index >= 15 is 0 Å². The largest absolute Gasteiger partial charge is 0.493 e. The number of hydrogen-bond donors (Lipinski definition) is 2. The number of ether oxygens (including phenoxy) is 2. The smallest absolute Gasteiger partial charge is 0.253 e. The van der Waals surface area contributed by atoms with E-state index in [0.717, 1.165) is 5.82 Å². The molecule has 2 heterocycles. The van der Waals surface area contributed by atoms with Gasteiger partial charge in [-0.25, -0.2) is 4.98 Å². The van der Waals surface area contributed by atoms with Crippen molar-refractivity contribution in [3.63, 3.8) is 0 Å². The van der Waals surface area contributed by atoms with Crippen molar-refractivity contribution in [1.82, 2.24) is 20.2 Å². The topological polar surface area (TPSA) is 96.5 Å². The minimum Gasteiger partial charge on any atom is -0.493 e. The number of rotatable bonds is 6. The first-order valence-electron chi connectivity index (χ1n) is 8.89. The van der Waals surface area contributed by atoms with E-state index in [1.54, 1.807) is 49.7 Å². The number of hydrogen-bond acceptors (Lipinski definition) is 5. The molecule has 0 atom stereocenters. The number of imidazole rings is 1. The van der Waals surface area contributed by atoms with Crippen LogP contribution in [0, 0.1) is 5.92 Å². The summed E-state index contributed by atoms with van der Waals surface area (Å²) < 4.78 is 10.5. The lowest BCUT2D eigenvalue weighted by atomic mass is 9.95. The predicted molar refractivity (Wildman–Crippen MR) is 98.6 cm³/mol. The van der Waals surface area contributed by atoms with Gasteiger partial charge in [-0.05, 0) is 31.0 Å². The van der Waals surface area contributed by atoms with E-state index in [-0.39, 0.29) is 17.7 Å². The van der Waals surface area contributed by atoms with Gasteiger partial charge >= 0.3 is 0 Å². The Labute approximate surface area is 157 Å². The van der Waals surface area contributed by atoms with Gasteiger partial charge in [0.25, 0.3) is 5.91 Å². The lowest BCUT2D eigenvalue weighted by molar-refractivity contribution is -0.126. The van der Waals surface area contributed by atoms with Gasteiger partial charge in [0.15, 0.2) is 11.5 Å². The molecule has 2 amide bonds. The first-order valence-corrected chi connectivity index (χ1v) is 8.89. The highest BCUT2D eigenvalue weighted by Gasteiger charge is 2.28. The Morgan fingerprint density at radius 3 is 2.59 bits per heavy atom. The van der Waals surface area contributed by atoms with Gasteiger partial charge in [-0.15, -0.1) is 0 Å². The molecule has 0 radical (unpaired) electrons. The number of methoxy groups -OCH3 is 2. The van der Waals surface area contributed by atoms with Crippen LogP contribution in [0.3, 0.4) is 0 Å². The van der Waals surface area contributed by atoms with Crippen molar-refractivity contribution in [3.8, 4) is 11.5 Å². The van der Waals surface area contributed by atoms with Gasteiger partial charge in [0, 0.05) is 37.0 Å². The fraction of sp³-hybridized carbons (Fsp3) is 0.421. The summed E-state index contributed by atoms with van der Waals surface area (Å²) in [7, 11) is 3.10. The zero-order valence-corrected chi connectivity index (χ0v) is 15.5. The molecule has 1 aromatic heterocycles. The summed E-state index contributed by atoms with van der Waals surface area (Å²) in [5, 5.41) is 2.89. The molecule has 0 aliphatic carbocycles. The van der Waals surface area contributed by atoms with Crippen molar-refractivity contribution in [1.29, 1.82) is 0 Å². The number of piperidine rings is 1. The predicted octanol–water partition coefficient (Wildman–Crippen LogP) is 1.60. The molecule has 0 saturated carbocycles. The Kier molecular flexibility index (Phi) is 5.95. The molecule has 3 rings (SSSR count). The summed E-state index contributed by atoms with van der Waals surface area (Å²) in [5.41, 5.74) is 0.549. The Morgan fingerprint density at radius 2 is 1.96 bits per heavy atom. The zero-order valence-electron chi connectivity index (χ0n) is 15.5. The molecule has 1 aliphatic heterocycles. The lowest BCUT2D eigenvalue weighted by Gasteiger charge is -2.31. The number of nitrogens with zero attached hydrogens (tertiary/aromatic N) is 2. The molecule has 2 aromatic rings. The summed E-state index contributed by atoms with van der Waals surface area (Å²) in [6, 6.07) is 5.13. The molecular formula is C19H24N4O4. The van der Waals surface area contributed by atoms with Crippen LogP contribution in [0.4, 0.5) is 0 Å². The van der Waals surface area contributed by atoms with E-state index in [0.29, 0.717) is 49.5 Å². The standard InChI is InChI=1S/C19H24N4O4/c1-26-15-4-3-14(11-16(15)27-2)19(25)23-9-5-13(6-10-23)18(24)22-12-17-20-7-8-21-17/h3-4,7-8,11,13H,5-6,9-10,12H2,1-2H3,(H,20,21)(H,22,24). The number of aromatic amines is 1. The van der Waals surface area contributed by atoms with Crippen molar-refractivity contribution in [2.75, 3.05) is 27.3 Å². The van der Waals surface area contributed by atoms with Crippen LogP contribution in [0.2, 0.25) is 0 Å². The molecule has 2 N–H and O–H groups in total. The highest BCUT2D eigenvalue weighted by Crippen LogP contribution is 2.28. The number of aromatic nitrogens is 2. The van der Waals surface area contributed by atoms with Crippen molar-refractivity contribution < 1.29 is 19.1 Å². The molecular weight excluding hydrogens is 348 g/mol. The van der Waals surface area contributed by atoms with Crippen molar-refractivity contribution >= 4 is 11.8 Å². The minimum atomic E-state index is -0.0885. The number of H-pyrrole nitrogens is 1. The summed E-state index contributed by atoms with van der Waals surface area (Å²) in [4.78, 5) is 33.9. The van der Waals surface area contributed by atoms with E-state index < -0.39 is 0 Å². The van der Waals surface area contributed by atoms with Crippen LogP contribution < -0.4 is 14.8 Å². The van der Waals surface area contributed by atoms with Crippen molar-refractivity contribution in [2.24, 2.45) is 5.92 Å². The molecule has 8 heteroatoms. The fourth-order valence-electron chi connectivity index (χ4n) is 3.21. The second-order valence-electron chi connectivity index (χ2n) is 6.39. The number of carbonyl (C=O) groups excluding carboxylic acids is 2. The van der Waals surface area contributed by atoms with Gasteiger partial charge in [-0.1, -0.05) is 0 Å². The van der Waals surface area contributed by atoms with Crippen LogP contribution in [0.1, 0.15) is 29.0 Å². The molecule has 1 fully saturated rings. The van der Waals surface area contributed by atoms with Crippen LogP contribution in [-0.4, -0.2) is 54.0 Å². The van der Waals surface area contributed by atoms with E-state index in [9.17, 15) is 9.59 Å². The number of amides is 2. The Balaban J connectivity index is 1.53. The molecule has 1 saturated heterocycles. The van der Waals surface area contributed by atoms with E-state index in [2.05, 4.69) is 15.3 Å². The van der Waals surface area contributed by atoms with Gasteiger partial charge in [-0.2, -0.15) is 0 Å². The maximum Gasteiger partial charge on any atom is 0.253 e. The average Bonchev–Trinajstić information content (AvgIpc) is 3.24.